The van der Waals surface area contributed by atoms with Gasteiger partial charge < -0.3 is 15.3 Å². The highest BCUT2D eigenvalue weighted by Crippen LogP contribution is 2.20. The molecule has 1 saturated heterocycles. The van der Waals surface area contributed by atoms with Crippen molar-refractivity contribution in [3.8, 4) is 0 Å². The van der Waals surface area contributed by atoms with E-state index in [1.54, 1.807) is 13.8 Å². The summed E-state index contributed by atoms with van der Waals surface area (Å²) in [6.45, 7) is 7.13. The highest BCUT2D eigenvalue weighted by Gasteiger charge is 2.28. The van der Waals surface area contributed by atoms with Gasteiger partial charge in [-0.1, -0.05) is 13.3 Å². The summed E-state index contributed by atoms with van der Waals surface area (Å²) in [5, 5.41) is 11.8. The minimum absolute atomic E-state index is 0.133. The number of likely N-dealkylation sites (tertiary alicyclic amines) is 1. The van der Waals surface area contributed by atoms with Crippen molar-refractivity contribution in [1.29, 1.82) is 0 Å². The Balaban J connectivity index is 2.43. The topological polar surface area (TPSA) is 69.6 Å². The van der Waals surface area contributed by atoms with Crippen LogP contribution in [0.15, 0.2) is 0 Å². The molecular formula is C14H26N2O3. The second-order valence-corrected chi connectivity index (χ2v) is 6.04. The van der Waals surface area contributed by atoms with Crippen LogP contribution >= 0.6 is 0 Å². The predicted octanol–water partition coefficient (Wildman–Crippen LogP) is 2.32. The lowest BCUT2D eigenvalue weighted by atomic mass is 9.94. The van der Waals surface area contributed by atoms with Gasteiger partial charge in [0.15, 0.2) is 0 Å². The molecular weight excluding hydrogens is 244 g/mol. The van der Waals surface area contributed by atoms with Gasteiger partial charge in [-0.2, -0.15) is 0 Å². The van der Waals surface area contributed by atoms with Crippen LogP contribution < -0.4 is 5.32 Å². The monoisotopic (exact) mass is 270 g/mol. The van der Waals surface area contributed by atoms with Gasteiger partial charge in [-0.05, 0) is 39.0 Å². The van der Waals surface area contributed by atoms with Gasteiger partial charge in [-0.25, -0.2) is 4.79 Å². The molecule has 1 fully saturated rings. The van der Waals surface area contributed by atoms with Crippen LogP contribution in [0, 0.1) is 11.3 Å². The number of carboxylic acids is 1. The lowest BCUT2D eigenvalue weighted by Gasteiger charge is -2.25. The Kier molecular flexibility index (Phi) is 5.63. The summed E-state index contributed by atoms with van der Waals surface area (Å²) in [7, 11) is 0. The van der Waals surface area contributed by atoms with Crippen molar-refractivity contribution in [3.05, 3.63) is 0 Å². The molecule has 0 spiro atoms. The summed E-state index contributed by atoms with van der Waals surface area (Å²) in [5.41, 5.74) is -0.923. The Morgan fingerprint density at radius 2 is 2.00 bits per heavy atom. The van der Waals surface area contributed by atoms with E-state index in [9.17, 15) is 9.59 Å². The third-order valence-corrected chi connectivity index (χ3v) is 3.97. The fourth-order valence-electron chi connectivity index (χ4n) is 2.26. The Hall–Kier alpha value is -1.26. The number of amides is 2. The van der Waals surface area contributed by atoms with Gasteiger partial charge in [-0.3, -0.25) is 4.79 Å². The summed E-state index contributed by atoms with van der Waals surface area (Å²) in [6, 6.07) is -0.133. The van der Waals surface area contributed by atoms with E-state index in [-0.39, 0.29) is 12.6 Å². The van der Waals surface area contributed by atoms with Crippen LogP contribution in [0.3, 0.4) is 0 Å². The first-order chi connectivity index (χ1) is 8.86. The molecule has 1 heterocycles. The number of carboxylic acid groups (broad SMARTS) is 1. The number of hydrogen-bond donors (Lipinski definition) is 2. The SMILES string of the molecule is CCC1CCCN(C(=O)NCC(C)(C)C(=O)O)CC1. The molecule has 1 rings (SSSR count). The normalized spacial score (nSPS) is 20.8. The number of nitrogens with one attached hydrogen (secondary N) is 1. The molecule has 5 nitrogen and oxygen atoms in total. The average molecular weight is 270 g/mol. The Labute approximate surface area is 115 Å². The molecule has 1 unspecified atom stereocenters. The lowest BCUT2D eigenvalue weighted by Crippen LogP contribution is -2.45. The van der Waals surface area contributed by atoms with Crippen LogP contribution in [-0.4, -0.2) is 41.6 Å². The maximum Gasteiger partial charge on any atom is 0.317 e. The van der Waals surface area contributed by atoms with E-state index in [0.29, 0.717) is 5.92 Å². The van der Waals surface area contributed by atoms with Gasteiger partial charge in [0.05, 0.1) is 5.41 Å². The number of nitrogens with zero attached hydrogens (tertiary/aromatic N) is 1. The highest BCUT2D eigenvalue weighted by atomic mass is 16.4. The fraction of sp³-hybridized carbons (Fsp3) is 0.857. The molecule has 1 aliphatic heterocycles. The van der Waals surface area contributed by atoms with Crippen LogP contribution in [0.25, 0.3) is 0 Å². The number of carbonyl (C=O) groups is 2. The molecule has 0 aromatic carbocycles. The van der Waals surface area contributed by atoms with E-state index in [4.69, 9.17) is 5.11 Å². The summed E-state index contributed by atoms with van der Waals surface area (Å²) < 4.78 is 0. The van der Waals surface area contributed by atoms with Crippen LogP contribution in [0.5, 0.6) is 0 Å². The first kappa shape index (κ1) is 15.8. The molecule has 0 bridgehead atoms. The third kappa shape index (κ3) is 4.73. The Bertz CT molecular complexity index is 329. The van der Waals surface area contributed by atoms with Gasteiger partial charge in [0, 0.05) is 19.6 Å². The summed E-state index contributed by atoms with van der Waals surface area (Å²) in [4.78, 5) is 24.8. The standard InChI is InChI=1S/C14H26N2O3/c1-4-11-6-5-8-16(9-7-11)13(19)15-10-14(2,3)12(17)18/h11H,4-10H2,1-3H3,(H,15,19)(H,17,18). The highest BCUT2D eigenvalue weighted by molar-refractivity contribution is 5.77. The molecule has 0 aliphatic carbocycles. The van der Waals surface area contributed by atoms with E-state index < -0.39 is 11.4 Å². The minimum atomic E-state index is -0.923. The summed E-state index contributed by atoms with van der Waals surface area (Å²) in [6.07, 6.45) is 4.43. The van der Waals surface area contributed by atoms with Crippen molar-refractivity contribution in [2.24, 2.45) is 11.3 Å². The van der Waals surface area contributed by atoms with Crippen molar-refractivity contribution < 1.29 is 14.7 Å². The van der Waals surface area contributed by atoms with E-state index >= 15 is 0 Å². The minimum Gasteiger partial charge on any atom is -0.481 e. The second-order valence-electron chi connectivity index (χ2n) is 6.04. The second kappa shape index (κ2) is 6.78. The number of carbonyl (C=O) groups excluding carboxylic acids is 1. The number of hydrogen-bond acceptors (Lipinski definition) is 2. The molecule has 0 saturated carbocycles. The van der Waals surface area contributed by atoms with E-state index in [1.807, 2.05) is 4.90 Å². The van der Waals surface area contributed by atoms with E-state index in [1.165, 1.54) is 12.8 Å². The fourth-order valence-corrected chi connectivity index (χ4v) is 2.26. The van der Waals surface area contributed by atoms with Crippen LogP contribution in [-0.2, 0) is 4.79 Å². The van der Waals surface area contributed by atoms with Crippen molar-refractivity contribution >= 4 is 12.0 Å². The Morgan fingerprint density at radius 1 is 1.32 bits per heavy atom. The van der Waals surface area contributed by atoms with Gasteiger partial charge >= 0.3 is 12.0 Å². The summed E-state index contributed by atoms with van der Waals surface area (Å²) >= 11 is 0. The Morgan fingerprint density at radius 3 is 2.58 bits per heavy atom. The smallest absolute Gasteiger partial charge is 0.317 e. The van der Waals surface area contributed by atoms with Crippen LogP contribution in [0.4, 0.5) is 4.79 Å². The van der Waals surface area contributed by atoms with Gasteiger partial charge in [0.2, 0.25) is 0 Å². The van der Waals surface area contributed by atoms with Gasteiger partial charge in [0.1, 0.15) is 0 Å². The number of urea groups is 1. The van der Waals surface area contributed by atoms with Gasteiger partial charge in [-0.15, -0.1) is 0 Å². The van der Waals surface area contributed by atoms with Crippen molar-refractivity contribution in [3.63, 3.8) is 0 Å². The average Bonchev–Trinajstić information content (AvgIpc) is 2.61. The maximum absolute atomic E-state index is 12.0. The molecule has 0 aromatic heterocycles. The zero-order valence-corrected chi connectivity index (χ0v) is 12.2. The third-order valence-electron chi connectivity index (χ3n) is 3.97. The molecule has 2 N–H and O–H groups in total. The van der Waals surface area contributed by atoms with Crippen molar-refractivity contribution in [1.82, 2.24) is 10.2 Å². The maximum atomic E-state index is 12.0. The van der Waals surface area contributed by atoms with Gasteiger partial charge in [0.25, 0.3) is 0 Å². The molecule has 1 atom stereocenters. The summed E-state index contributed by atoms with van der Waals surface area (Å²) in [5.74, 6) is -0.178. The first-order valence-electron chi connectivity index (χ1n) is 7.13. The molecule has 1 aliphatic rings. The molecule has 19 heavy (non-hydrogen) atoms. The van der Waals surface area contributed by atoms with Crippen LogP contribution in [0.2, 0.25) is 0 Å². The van der Waals surface area contributed by atoms with Crippen molar-refractivity contribution in [2.75, 3.05) is 19.6 Å². The number of rotatable bonds is 4. The predicted molar refractivity (Wildman–Crippen MR) is 74.0 cm³/mol. The molecule has 0 radical (unpaired) electrons. The molecule has 0 aromatic rings. The number of aliphatic carboxylic acids is 1. The van der Waals surface area contributed by atoms with Crippen molar-refractivity contribution in [2.45, 2.75) is 46.5 Å². The van der Waals surface area contributed by atoms with E-state index in [2.05, 4.69) is 12.2 Å². The zero-order chi connectivity index (χ0) is 14.5. The lowest BCUT2D eigenvalue weighted by molar-refractivity contribution is -0.146. The van der Waals surface area contributed by atoms with Crippen LogP contribution in [0.1, 0.15) is 46.5 Å². The van der Waals surface area contributed by atoms with E-state index in [0.717, 1.165) is 25.9 Å². The first-order valence-corrected chi connectivity index (χ1v) is 7.13. The largest absolute Gasteiger partial charge is 0.481 e. The quantitative estimate of drug-likeness (QED) is 0.823. The molecule has 2 amide bonds. The molecule has 110 valence electrons. The zero-order valence-electron chi connectivity index (χ0n) is 12.2. The molecule has 5 heteroatoms.